The molecular weight excluding hydrogens is 305 g/mol. The maximum Gasteiger partial charge on any atom is 0.323 e. The molecule has 0 fully saturated rings. The van der Waals surface area contributed by atoms with Crippen LogP contribution in [0.3, 0.4) is 0 Å². The van der Waals surface area contributed by atoms with Gasteiger partial charge in [0.05, 0.1) is 12.1 Å². The molecule has 0 aliphatic carbocycles. The van der Waals surface area contributed by atoms with Crippen molar-refractivity contribution in [1.29, 1.82) is 0 Å². The standard InChI is InChI=1S/C13H17Cl2NO2S/c1-3-6-16-11(13(17)18-2)8-19-12-7-9(14)4-5-10(12)15/h4-5,7,11,16H,3,6,8H2,1-2H3. The lowest BCUT2D eigenvalue weighted by molar-refractivity contribution is -0.142. The van der Waals surface area contributed by atoms with E-state index in [0.29, 0.717) is 15.8 Å². The second-order valence-electron chi connectivity index (χ2n) is 3.92. The molecule has 0 amide bonds. The average Bonchev–Trinajstić information content (AvgIpc) is 2.41. The first-order valence-corrected chi connectivity index (χ1v) is 7.71. The van der Waals surface area contributed by atoms with Crippen LogP contribution in [-0.4, -0.2) is 31.4 Å². The van der Waals surface area contributed by atoms with E-state index in [1.54, 1.807) is 18.2 Å². The molecule has 1 aromatic rings. The third kappa shape index (κ3) is 5.61. The minimum atomic E-state index is -0.343. The van der Waals surface area contributed by atoms with Gasteiger partial charge in [-0.15, -0.1) is 11.8 Å². The zero-order valence-corrected chi connectivity index (χ0v) is 13.2. The van der Waals surface area contributed by atoms with E-state index in [9.17, 15) is 4.79 Å². The van der Waals surface area contributed by atoms with E-state index < -0.39 is 0 Å². The van der Waals surface area contributed by atoms with Crippen LogP contribution < -0.4 is 5.32 Å². The Kier molecular flexibility index (Phi) is 7.61. The molecule has 3 nitrogen and oxygen atoms in total. The maximum atomic E-state index is 11.6. The molecule has 0 aliphatic rings. The first kappa shape index (κ1) is 16.6. The van der Waals surface area contributed by atoms with Crippen molar-refractivity contribution in [2.24, 2.45) is 0 Å². The lowest BCUT2D eigenvalue weighted by Crippen LogP contribution is -2.40. The summed E-state index contributed by atoms with van der Waals surface area (Å²) in [5, 5.41) is 4.41. The van der Waals surface area contributed by atoms with Crippen molar-refractivity contribution in [2.45, 2.75) is 24.3 Å². The van der Waals surface area contributed by atoms with E-state index in [4.69, 9.17) is 27.9 Å². The summed E-state index contributed by atoms with van der Waals surface area (Å²) in [7, 11) is 1.39. The monoisotopic (exact) mass is 321 g/mol. The molecule has 1 rings (SSSR count). The number of carbonyl (C=O) groups excluding carboxylic acids is 1. The number of rotatable bonds is 7. The highest BCUT2D eigenvalue weighted by Crippen LogP contribution is 2.30. The topological polar surface area (TPSA) is 38.3 Å². The number of hydrogen-bond acceptors (Lipinski definition) is 4. The lowest BCUT2D eigenvalue weighted by Gasteiger charge is -2.16. The molecule has 106 valence electrons. The number of hydrogen-bond donors (Lipinski definition) is 1. The molecule has 0 saturated heterocycles. The third-order valence-corrected chi connectivity index (χ3v) is 4.25. The molecule has 0 aliphatic heterocycles. The van der Waals surface area contributed by atoms with Gasteiger partial charge >= 0.3 is 5.97 Å². The van der Waals surface area contributed by atoms with Crippen LogP contribution in [0, 0.1) is 0 Å². The Morgan fingerprint density at radius 3 is 2.84 bits per heavy atom. The number of benzene rings is 1. The summed E-state index contributed by atoms with van der Waals surface area (Å²) in [4.78, 5) is 12.5. The van der Waals surface area contributed by atoms with Crippen LogP contribution in [0.15, 0.2) is 23.1 Å². The molecule has 0 spiro atoms. The number of ether oxygens (including phenoxy) is 1. The minimum absolute atomic E-state index is 0.265. The molecule has 1 atom stereocenters. The fourth-order valence-corrected chi connectivity index (χ4v) is 2.97. The Morgan fingerprint density at radius 2 is 2.21 bits per heavy atom. The highest BCUT2D eigenvalue weighted by molar-refractivity contribution is 7.99. The van der Waals surface area contributed by atoms with Gasteiger partial charge in [-0.25, -0.2) is 0 Å². The minimum Gasteiger partial charge on any atom is -0.468 e. The summed E-state index contributed by atoms with van der Waals surface area (Å²) < 4.78 is 4.78. The van der Waals surface area contributed by atoms with Gasteiger partial charge in [0, 0.05) is 15.7 Å². The van der Waals surface area contributed by atoms with Crippen molar-refractivity contribution in [2.75, 3.05) is 19.4 Å². The zero-order chi connectivity index (χ0) is 14.3. The molecule has 0 radical (unpaired) electrons. The van der Waals surface area contributed by atoms with Gasteiger partial charge in [0.1, 0.15) is 6.04 Å². The van der Waals surface area contributed by atoms with Gasteiger partial charge in [-0.05, 0) is 31.2 Å². The fraction of sp³-hybridized carbons (Fsp3) is 0.462. The molecule has 1 aromatic carbocycles. The van der Waals surface area contributed by atoms with Crippen LogP contribution in [0.4, 0.5) is 0 Å². The van der Waals surface area contributed by atoms with Crippen LogP contribution in [0.1, 0.15) is 13.3 Å². The van der Waals surface area contributed by atoms with Crippen LogP contribution >= 0.6 is 35.0 Å². The number of carbonyl (C=O) groups is 1. The van der Waals surface area contributed by atoms with Crippen molar-refractivity contribution >= 4 is 40.9 Å². The average molecular weight is 322 g/mol. The Hall–Kier alpha value is -0.420. The fourth-order valence-electron chi connectivity index (χ4n) is 1.43. The largest absolute Gasteiger partial charge is 0.468 e. The van der Waals surface area contributed by atoms with Crippen molar-refractivity contribution in [3.8, 4) is 0 Å². The van der Waals surface area contributed by atoms with Crippen molar-refractivity contribution < 1.29 is 9.53 Å². The summed E-state index contributed by atoms with van der Waals surface area (Å²) in [6.07, 6.45) is 0.954. The lowest BCUT2D eigenvalue weighted by atomic mass is 10.3. The second-order valence-corrected chi connectivity index (χ2v) is 5.82. The van der Waals surface area contributed by atoms with E-state index >= 15 is 0 Å². The van der Waals surface area contributed by atoms with Crippen molar-refractivity contribution in [3.05, 3.63) is 28.2 Å². The molecule has 0 saturated carbocycles. The van der Waals surface area contributed by atoms with Crippen LogP contribution in [0.2, 0.25) is 10.0 Å². The number of nitrogens with one attached hydrogen (secondary N) is 1. The van der Waals surface area contributed by atoms with Gasteiger partial charge in [0.25, 0.3) is 0 Å². The van der Waals surface area contributed by atoms with E-state index in [1.807, 2.05) is 6.92 Å². The quantitative estimate of drug-likeness (QED) is 0.614. The summed E-state index contributed by atoms with van der Waals surface area (Å²) in [5.41, 5.74) is 0. The van der Waals surface area contributed by atoms with Crippen LogP contribution in [0.5, 0.6) is 0 Å². The molecule has 1 unspecified atom stereocenters. The van der Waals surface area contributed by atoms with Gasteiger partial charge in [-0.3, -0.25) is 4.79 Å². The van der Waals surface area contributed by atoms with Gasteiger partial charge in [0.2, 0.25) is 0 Å². The summed E-state index contributed by atoms with van der Waals surface area (Å²) in [6.45, 7) is 2.81. The normalized spacial score (nSPS) is 12.2. The van der Waals surface area contributed by atoms with E-state index in [1.165, 1.54) is 18.9 Å². The van der Waals surface area contributed by atoms with Gasteiger partial charge in [0.15, 0.2) is 0 Å². The van der Waals surface area contributed by atoms with Crippen LogP contribution in [0.25, 0.3) is 0 Å². The number of halogens is 2. The first-order valence-electron chi connectivity index (χ1n) is 5.97. The van der Waals surface area contributed by atoms with Gasteiger partial charge in [-0.1, -0.05) is 30.1 Å². The molecule has 0 bridgehead atoms. The Balaban J connectivity index is 2.64. The Labute approximate surface area is 128 Å². The maximum absolute atomic E-state index is 11.6. The second kappa shape index (κ2) is 8.69. The zero-order valence-electron chi connectivity index (χ0n) is 10.9. The molecule has 0 aromatic heterocycles. The third-order valence-electron chi connectivity index (χ3n) is 2.43. The summed E-state index contributed by atoms with van der Waals surface area (Å²) in [5.74, 6) is 0.284. The highest BCUT2D eigenvalue weighted by Gasteiger charge is 2.18. The molecule has 1 N–H and O–H groups in total. The van der Waals surface area contributed by atoms with Gasteiger partial charge in [-0.2, -0.15) is 0 Å². The Morgan fingerprint density at radius 1 is 1.47 bits per heavy atom. The highest BCUT2D eigenvalue weighted by atomic mass is 35.5. The van der Waals surface area contributed by atoms with Crippen molar-refractivity contribution in [3.63, 3.8) is 0 Å². The van der Waals surface area contributed by atoms with Gasteiger partial charge < -0.3 is 10.1 Å². The SMILES string of the molecule is CCCNC(CSc1cc(Cl)ccc1Cl)C(=O)OC. The smallest absolute Gasteiger partial charge is 0.323 e. The van der Waals surface area contributed by atoms with Crippen LogP contribution in [-0.2, 0) is 9.53 Å². The Bertz CT molecular complexity index is 429. The molecule has 0 heterocycles. The van der Waals surface area contributed by atoms with E-state index in [2.05, 4.69) is 5.32 Å². The first-order chi connectivity index (χ1) is 9.08. The summed E-state index contributed by atoms with van der Waals surface area (Å²) >= 11 is 13.5. The predicted octanol–water partition coefficient (Wildman–Crippen LogP) is 3.63. The molecule has 19 heavy (non-hydrogen) atoms. The predicted molar refractivity (Wildman–Crippen MR) is 81.3 cm³/mol. The summed E-state index contributed by atoms with van der Waals surface area (Å²) in [6, 6.07) is 4.94. The molecular formula is C13H17Cl2NO2S. The van der Waals surface area contributed by atoms with Crippen molar-refractivity contribution in [1.82, 2.24) is 5.32 Å². The van der Waals surface area contributed by atoms with E-state index in [-0.39, 0.29) is 12.0 Å². The van der Waals surface area contributed by atoms with E-state index in [0.717, 1.165) is 17.9 Å². The number of methoxy groups -OCH3 is 1. The molecule has 6 heteroatoms. The number of esters is 1. The number of thioether (sulfide) groups is 1.